The van der Waals surface area contributed by atoms with Crippen molar-refractivity contribution < 1.29 is 17.9 Å². The Kier molecular flexibility index (Phi) is 4.66. The highest BCUT2D eigenvalue weighted by Gasteiger charge is 2.17. The highest BCUT2D eigenvalue weighted by molar-refractivity contribution is 5.52. The second kappa shape index (κ2) is 6.87. The monoisotopic (exact) mass is 323 g/mol. The molecule has 2 aromatic rings. The van der Waals surface area contributed by atoms with E-state index in [4.69, 9.17) is 4.74 Å². The number of halogens is 3. The number of piperazine rings is 1. The van der Waals surface area contributed by atoms with Crippen molar-refractivity contribution in [1.82, 2.24) is 10.3 Å². The van der Waals surface area contributed by atoms with Gasteiger partial charge in [0.1, 0.15) is 12.4 Å². The molecule has 1 aromatic carbocycles. The fourth-order valence-electron chi connectivity index (χ4n) is 2.54. The van der Waals surface area contributed by atoms with Gasteiger partial charge >= 0.3 is 0 Å². The molecule has 4 nitrogen and oxygen atoms in total. The van der Waals surface area contributed by atoms with Gasteiger partial charge in [-0.1, -0.05) is 0 Å². The first-order valence-corrected chi connectivity index (χ1v) is 7.31. The van der Waals surface area contributed by atoms with Crippen LogP contribution >= 0.6 is 0 Å². The molecule has 2 heterocycles. The number of rotatable bonds is 4. The third kappa shape index (κ3) is 3.56. The smallest absolute Gasteiger partial charge is 0.191 e. The Balaban J connectivity index is 1.79. The maximum atomic E-state index is 13.6. The van der Waals surface area contributed by atoms with Gasteiger partial charge in [0, 0.05) is 50.1 Å². The summed E-state index contributed by atoms with van der Waals surface area (Å²) in [5.41, 5.74) is 1.64. The first-order valence-electron chi connectivity index (χ1n) is 7.31. The quantitative estimate of drug-likeness (QED) is 0.938. The summed E-state index contributed by atoms with van der Waals surface area (Å²) in [4.78, 5) is 6.25. The number of pyridine rings is 1. The average molecular weight is 323 g/mol. The molecule has 1 saturated heterocycles. The lowest BCUT2D eigenvalue weighted by Gasteiger charge is -2.30. The zero-order valence-electron chi connectivity index (χ0n) is 12.4. The van der Waals surface area contributed by atoms with Crippen LogP contribution in [-0.2, 0) is 6.61 Å². The van der Waals surface area contributed by atoms with Crippen LogP contribution in [0.5, 0.6) is 5.75 Å². The molecule has 7 heteroatoms. The van der Waals surface area contributed by atoms with E-state index >= 15 is 0 Å². The molecular weight excluding hydrogens is 307 g/mol. The third-order valence-electron chi connectivity index (χ3n) is 3.68. The fraction of sp³-hybridized carbons (Fsp3) is 0.312. The highest BCUT2D eigenvalue weighted by atomic mass is 19.1. The molecule has 3 rings (SSSR count). The number of nitrogens with zero attached hydrogens (tertiary/aromatic N) is 2. The summed E-state index contributed by atoms with van der Waals surface area (Å²) in [6.07, 6.45) is 3.31. The maximum Gasteiger partial charge on any atom is 0.191 e. The Morgan fingerprint density at radius 1 is 1.13 bits per heavy atom. The molecule has 1 aliphatic rings. The van der Waals surface area contributed by atoms with Crippen LogP contribution in [-0.4, -0.2) is 31.2 Å². The summed E-state index contributed by atoms with van der Waals surface area (Å²) in [7, 11) is 0. The Bertz CT molecular complexity index is 667. The summed E-state index contributed by atoms with van der Waals surface area (Å²) < 4.78 is 45.4. The molecule has 0 unspecified atom stereocenters. The van der Waals surface area contributed by atoms with E-state index < -0.39 is 23.2 Å². The fourth-order valence-corrected chi connectivity index (χ4v) is 2.54. The van der Waals surface area contributed by atoms with E-state index in [2.05, 4.69) is 15.2 Å². The number of benzene rings is 1. The van der Waals surface area contributed by atoms with E-state index in [9.17, 15) is 13.2 Å². The molecule has 1 N–H and O–H groups in total. The Hall–Kier alpha value is -2.28. The summed E-state index contributed by atoms with van der Waals surface area (Å²) in [6, 6.07) is 2.95. The number of hydrogen-bond donors (Lipinski definition) is 1. The first kappa shape index (κ1) is 15.6. The van der Waals surface area contributed by atoms with E-state index in [1.807, 2.05) is 0 Å². The van der Waals surface area contributed by atoms with E-state index in [-0.39, 0.29) is 6.61 Å². The molecule has 122 valence electrons. The van der Waals surface area contributed by atoms with Crippen molar-refractivity contribution in [2.45, 2.75) is 6.61 Å². The Labute approximate surface area is 131 Å². The van der Waals surface area contributed by atoms with Crippen LogP contribution in [0.2, 0.25) is 0 Å². The molecule has 0 spiro atoms. The standard InChI is InChI=1S/C16H16F3N3O/c17-12-7-13(18)16(14(19)8-12)23-10-11-1-2-21-9-15(11)22-5-3-20-4-6-22/h1-2,7-9,20H,3-6,10H2. The van der Waals surface area contributed by atoms with Crippen molar-refractivity contribution in [3.63, 3.8) is 0 Å². The molecule has 23 heavy (non-hydrogen) atoms. The molecule has 1 fully saturated rings. The van der Waals surface area contributed by atoms with Crippen molar-refractivity contribution in [3.8, 4) is 5.75 Å². The minimum Gasteiger partial charge on any atom is -0.483 e. The molecule has 0 saturated carbocycles. The second-order valence-electron chi connectivity index (χ2n) is 5.23. The molecule has 1 aliphatic heterocycles. The van der Waals surface area contributed by atoms with E-state index in [0.29, 0.717) is 12.1 Å². The Morgan fingerprint density at radius 2 is 1.83 bits per heavy atom. The Morgan fingerprint density at radius 3 is 2.52 bits per heavy atom. The number of ether oxygens (including phenoxy) is 1. The largest absolute Gasteiger partial charge is 0.483 e. The van der Waals surface area contributed by atoms with Gasteiger partial charge in [0.05, 0.1) is 11.9 Å². The minimum atomic E-state index is -1.06. The third-order valence-corrected chi connectivity index (χ3v) is 3.68. The zero-order valence-corrected chi connectivity index (χ0v) is 12.4. The van der Waals surface area contributed by atoms with Gasteiger partial charge in [-0.05, 0) is 6.07 Å². The van der Waals surface area contributed by atoms with Gasteiger partial charge in [0.25, 0.3) is 0 Å². The minimum absolute atomic E-state index is 0.0265. The van der Waals surface area contributed by atoms with Crippen LogP contribution in [0.25, 0.3) is 0 Å². The van der Waals surface area contributed by atoms with Gasteiger partial charge in [0.15, 0.2) is 17.4 Å². The van der Waals surface area contributed by atoms with Crippen LogP contribution in [0, 0.1) is 17.5 Å². The zero-order chi connectivity index (χ0) is 16.2. The molecule has 0 amide bonds. The van der Waals surface area contributed by atoms with Crippen LogP contribution in [0.1, 0.15) is 5.56 Å². The maximum absolute atomic E-state index is 13.6. The summed E-state index contributed by atoms with van der Waals surface area (Å²) in [5.74, 6) is -3.66. The lowest BCUT2D eigenvalue weighted by atomic mass is 10.2. The van der Waals surface area contributed by atoms with Gasteiger partial charge in [0.2, 0.25) is 0 Å². The van der Waals surface area contributed by atoms with Crippen molar-refractivity contribution in [3.05, 3.63) is 53.6 Å². The summed E-state index contributed by atoms with van der Waals surface area (Å²) in [6.45, 7) is 3.32. The lowest BCUT2D eigenvalue weighted by Crippen LogP contribution is -2.44. The normalized spacial score (nSPS) is 14.8. The van der Waals surface area contributed by atoms with Crippen LogP contribution in [0.3, 0.4) is 0 Å². The van der Waals surface area contributed by atoms with Crippen LogP contribution < -0.4 is 15.0 Å². The van der Waals surface area contributed by atoms with Gasteiger partial charge < -0.3 is 15.0 Å². The van der Waals surface area contributed by atoms with Crippen molar-refractivity contribution in [1.29, 1.82) is 0 Å². The molecule has 0 radical (unpaired) electrons. The van der Waals surface area contributed by atoms with Crippen molar-refractivity contribution >= 4 is 5.69 Å². The van der Waals surface area contributed by atoms with Crippen LogP contribution in [0.4, 0.5) is 18.9 Å². The molecular formula is C16H16F3N3O. The van der Waals surface area contributed by atoms with Gasteiger partial charge in [-0.15, -0.1) is 0 Å². The van der Waals surface area contributed by atoms with Crippen molar-refractivity contribution in [2.75, 3.05) is 31.1 Å². The van der Waals surface area contributed by atoms with Gasteiger partial charge in [-0.25, -0.2) is 13.2 Å². The molecule has 1 aromatic heterocycles. The SMILES string of the molecule is Fc1cc(F)c(OCc2ccncc2N2CCNCC2)c(F)c1. The van der Waals surface area contributed by atoms with E-state index in [0.717, 1.165) is 37.4 Å². The number of aromatic nitrogens is 1. The topological polar surface area (TPSA) is 37.4 Å². The molecule has 0 aliphatic carbocycles. The predicted molar refractivity (Wildman–Crippen MR) is 80.0 cm³/mol. The number of nitrogens with one attached hydrogen (secondary N) is 1. The predicted octanol–water partition coefficient (Wildman–Crippen LogP) is 2.49. The van der Waals surface area contributed by atoms with Gasteiger partial charge in [-0.3, -0.25) is 4.98 Å². The average Bonchev–Trinajstić information content (AvgIpc) is 2.55. The van der Waals surface area contributed by atoms with Gasteiger partial charge in [-0.2, -0.15) is 0 Å². The first-order chi connectivity index (χ1) is 11.1. The lowest BCUT2D eigenvalue weighted by molar-refractivity contribution is 0.272. The molecule has 0 bridgehead atoms. The summed E-state index contributed by atoms with van der Waals surface area (Å²) in [5, 5.41) is 3.25. The highest BCUT2D eigenvalue weighted by Crippen LogP contribution is 2.26. The van der Waals surface area contributed by atoms with Crippen LogP contribution in [0.15, 0.2) is 30.6 Å². The van der Waals surface area contributed by atoms with Crippen molar-refractivity contribution in [2.24, 2.45) is 0 Å². The van der Waals surface area contributed by atoms with E-state index in [1.165, 1.54) is 0 Å². The number of anilines is 1. The number of hydrogen-bond acceptors (Lipinski definition) is 4. The molecule has 0 atom stereocenters. The second-order valence-corrected chi connectivity index (χ2v) is 5.23. The summed E-state index contributed by atoms with van der Waals surface area (Å²) >= 11 is 0. The van der Waals surface area contributed by atoms with E-state index in [1.54, 1.807) is 18.5 Å².